The van der Waals surface area contributed by atoms with E-state index in [2.05, 4.69) is 50.0 Å². The molecule has 0 amide bonds. The predicted octanol–water partition coefficient (Wildman–Crippen LogP) is 3.55. The number of hydrogen-bond donors (Lipinski definition) is 2. The van der Waals surface area contributed by atoms with E-state index in [0.29, 0.717) is 5.75 Å². The van der Waals surface area contributed by atoms with Gasteiger partial charge in [-0.3, -0.25) is 0 Å². The summed E-state index contributed by atoms with van der Waals surface area (Å²) in [5, 5.41) is 13.7. The van der Waals surface area contributed by atoms with E-state index in [9.17, 15) is 5.11 Å². The summed E-state index contributed by atoms with van der Waals surface area (Å²) >= 11 is 0. The summed E-state index contributed by atoms with van der Waals surface area (Å²) in [6.07, 6.45) is 1.10. The standard InChI is InChI=1S/C17H28N2O/c1-5-8-18-14(4)16-7-6-15(9-17(16)20)19-10-12(2)13(3)11-19/h6-7,9,12-14,18,20H,5,8,10-11H2,1-4H3. The van der Waals surface area contributed by atoms with Crippen LogP contribution in [0.4, 0.5) is 5.69 Å². The molecule has 0 radical (unpaired) electrons. The van der Waals surface area contributed by atoms with E-state index < -0.39 is 0 Å². The lowest BCUT2D eigenvalue weighted by atomic mass is 10.0. The molecule has 0 aromatic heterocycles. The molecule has 1 aliphatic rings. The average Bonchev–Trinajstić information content (AvgIpc) is 2.76. The van der Waals surface area contributed by atoms with Gasteiger partial charge in [0, 0.05) is 36.4 Å². The number of phenols is 1. The fourth-order valence-corrected chi connectivity index (χ4v) is 2.91. The SMILES string of the molecule is CCCNC(C)c1ccc(N2CC(C)C(C)C2)cc1O. The lowest BCUT2D eigenvalue weighted by Crippen LogP contribution is -2.21. The zero-order chi connectivity index (χ0) is 14.7. The Balaban J connectivity index is 2.10. The topological polar surface area (TPSA) is 35.5 Å². The summed E-state index contributed by atoms with van der Waals surface area (Å²) in [7, 11) is 0. The van der Waals surface area contributed by atoms with E-state index in [0.717, 1.165) is 49.1 Å². The number of aromatic hydroxyl groups is 1. The van der Waals surface area contributed by atoms with Crippen LogP contribution in [0.15, 0.2) is 18.2 Å². The largest absolute Gasteiger partial charge is 0.508 e. The summed E-state index contributed by atoms with van der Waals surface area (Å²) in [5.74, 6) is 1.86. The molecule has 0 bridgehead atoms. The average molecular weight is 276 g/mol. The fourth-order valence-electron chi connectivity index (χ4n) is 2.91. The van der Waals surface area contributed by atoms with Crippen molar-refractivity contribution in [3.8, 4) is 5.75 Å². The monoisotopic (exact) mass is 276 g/mol. The molecule has 0 spiro atoms. The Kier molecular flexibility index (Phi) is 4.92. The van der Waals surface area contributed by atoms with Crippen molar-refractivity contribution in [1.82, 2.24) is 5.32 Å². The van der Waals surface area contributed by atoms with Gasteiger partial charge < -0.3 is 15.3 Å². The van der Waals surface area contributed by atoms with Gasteiger partial charge in [0.1, 0.15) is 5.75 Å². The fraction of sp³-hybridized carbons (Fsp3) is 0.647. The van der Waals surface area contributed by atoms with Crippen LogP contribution in [0, 0.1) is 11.8 Å². The van der Waals surface area contributed by atoms with Crippen LogP contribution < -0.4 is 10.2 Å². The van der Waals surface area contributed by atoms with Crippen LogP contribution in [-0.2, 0) is 0 Å². The molecular weight excluding hydrogens is 248 g/mol. The third kappa shape index (κ3) is 3.26. The van der Waals surface area contributed by atoms with Crippen LogP contribution in [0.25, 0.3) is 0 Å². The Bertz CT molecular complexity index is 437. The maximum absolute atomic E-state index is 10.3. The third-order valence-corrected chi connectivity index (χ3v) is 4.53. The summed E-state index contributed by atoms with van der Waals surface area (Å²) in [6, 6.07) is 6.32. The van der Waals surface area contributed by atoms with Gasteiger partial charge in [0.05, 0.1) is 0 Å². The summed E-state index contributed by atoms with van der Waals surface area (Å²) in [4.78, 5) is 2.38. The number of anilines is 1. The highest BCUT2D eigenvalue weighted by molar-refractivity contribution is 5.54. The molecule has 1 aromatic carbocycles. The highest BCUT2D eigenvalue weighted by Gasteiger charge is 2.26. The number of nitrogens with one attached hydrogen (secondary N) is 1. The van der Waals surface area contributed by atoms with Crippen molar-refractivity contribution in [1.29, 1.82) is 0 Å². The molecule has 2 N–H and O–H groups in total. The minimum Gasteiger partial charge on any atom is -0.508 e. The normalized spacial score (nSPS) is 24.1. The van der Waals surface area contributed by atoms with Crippen LogP contribution in [0.1, 0.15) is 45.7 Å². The highest BCUT2D eigenvalue weighted by atomic mass is 16.3. The van der Waals surface area contributed by atoms with Crippen molar-refractivity contribution < 1.29 is 5.11 Å². The Morgan fingerprint density at radius 3 is 2.50 bits per heavy atom. The zero-order valence-electron chi connectivity index (χ0n) is 13.2. The van der Waals surface area contributed by atoms with Gasteiger partial charge in [-0.25, -0.2) is 0 Å². The molecule has 1 aromatic rings. The molecule has 2 rings (SSSR count). The van der Waals surface area contributed by atoms with Crippen molar-refractivity contribution >= 4 is 5.69 Å². The molecule has 20 heavy (non-hydrogen) atoms. The Morgan fingerprint density at radius 2 is 1.95 bits per heavy atom. The summed E-state index contributed by atoms with van der Waals surface area (Å²) in [6.45, 7) is 12.0. The van der Waals surface area contributed by atoms with Crippen LogP contribution in [-0.4, -0.2) is 24.7 Å². The van der Waals surface area contributed by atoms with E-state index in [4.69, 9.17) is 0 Å². The van der Waals surface area contributed by atoms with E-state index in [1.807, 2.05) is 6.07 Å². The van der Waals surface area contributed by atoms with Gasteiger partial charge in [-0.05, 0) is 37.8 Å². The van der Waals surface area contributed by atoms with Gasteiger partial charge in [0.2, 0.25) is 0 Å². The Hall–Kier alpha value is -1.22. The second kappa shape index (κ2) is 6.49. The molecule has 3 unspecified atom stereocenters. The third-order valence-electron chi connectivity index (χ3n) is 4.53. The van der Waals surface area contributed by atoms with Gasteiger partial charge >= 0.3 is 0 Å². The van der Waals surface area contributed by atoms with Crippen LogP contribution in [0.2, 0.25) is 0 Å². The maximum Gasteiger partial charge on any atom is 0.122 e. The Morgan fingerprint density at radius 1 is 1.30 bits per heavy atom. The van der Waals surface area contributed by atoms with Crippen LogP contribution in [0.5, 0.6) is 5.75 Å². The molecular formula is C17H28N2O. The van der Waals surface area contributed by atoms with E-state index in [1.54, 1.807) is 0 Å². The van der Waals surface area contributed by atoms with E-state index in [1.165, 1.54) is 0 Å². The molecule has 1 heterocycles. The number of rotatable bonds is 5. The quantitative estimate of drug-likeness (QED) is 0.863. The summed E-state index contributed by atoms with van der Waals surface area (Å²) in [5.41, 5.74) is 2.13. The molecule has 3 nitrogen and oxygen atoms in total. The van der Waals surface area contributed by atoms with E-state index >= 15 is 0 Å². The van der Waals surface area contributed by atoms with Crippen LogP contribution in [0.3, 0.4) is 0 Å². The minimum atomic E-state index is 0.195. The van der Waals surface area contributed by atoms with Gasteiger partial charge in [0.25, 0.3) is 0 Å². The zero-order valence-corrected chi connectivity index (χ0v) is 13.2. The number of phenolic OH excluding ortho intramolecular Hbond substituents is 1. The lowest BCUT2D eigenvalue weighted by Gasteiger charge is -2.21. The first-order chi connectivity index (χ1) is 9.52. The molecule has 112 valence electrons. The lowest BCUT2D eigenvalue weighted by molar-refractivity contribution is 0.452. The molecule has 1 aliphatic heterocycles. The second-order valence-electron chi connectivity index (χ2n) is 6.28. The molecule has 1 saturated heterocycles. The van der Waals surface area contributed by atoms with E-state index in [-0.39, 0.29) is 6.04 Å². The van der Waals surface area contributed by atoms with Crippen LogP contribution >= 0.6 is 0 Å². The van der Waals surface area contributed by atoms with Crippen molar-refractivity contribution in [2.24, 2.45) is 11.8 Å². The summed E-state index contributed by atoms with van der Waals surface area (Å²) < 4.78 is 0. The van der Waals surface area contributed by atoms with Gasteiger partial charge in [-0.2, -0.15) is 0 Å². The predicted molar refractivity (Wildman–Crippen MR) is 85.4 cm³/mol. The van der Waals surface area contributed by atoms with Crippen molar-refractivity contribution in [2.75, 3.05) is 24.5 Å². The number of hydrogen-bond acceptors (Lipinski definition) is 3. The minimum absolute atomic E-state index is 0.195. The maximum atomic E-state index is 10.3. The molecule has 0 aliphatic carbocycles. The first-order valence-electron chi connectivity index (χ1n) is 7.84. The number of nitrogens with zero attached hydrogens (tertiary/aromatic N) is 1. The molecule has 3 atom stereocenters. The molecule has 1 fully saturated rings. The highest BCUT2D eigenvalue weighted by Crippen LogP contribution is 2.33. The smallest absolute Gasteiger partial charge is 0.122 e. The van der Waals surface area contributed by atoms with Crippen molar-refractivity contribution in [2.45, 2.75) is 40.2 Å². The number of benzene rings is 1. The second-order valence-corrected chi connectivity index (χ2v) is 6.28. The van der Waals surface area contributed by atoms with Gasteiger partial charge in [0.15, 0.2) is 0 Å². The first kappa shape index (κ1) is 15.2. The van der Waals surface area contributed by atoms with Gasteiger partial charge in [-0.1, -0.05) is 26.8 Å². The van der Waals surface area contributed by atoms with Gasteiger partial charge in [-0.15, -0.1) is 0 Å². The molecule has 3 heteroatoms. The molecule has 0 saturated carbocycles. The Labute approximate surface area is 123 Å². The van der Waals surface area contributed by atoms with Crippen molar-refractivity contribution in [3.05, 3.63) is 23.8 Å². The first-order valence-corrected chi connectivity index (χ1v) is 7.84. The van der Waals surface area contributed by atoms with Crippen molar-refractivity contribution in [3.63, 3.8) is 0 Å².